The van der Waals surface area contributed by atoms with Crippen LogP contribution in [0.2, 0.25) is 10.0 Å². The lowest BCUT2D eigenvalue weighted by molar-refractivity contribution is 0.603. The summed E-state index contributed by atoms with van der Waals surface area (Å²) in [6.07, 6.45) is 0.799. The molecule has 2 rings (SSSR count). The maximum Gasteiger partial charge on any atom is 0.271 e. The van der Waals surface area contributed by atoms with Gasteiger partial charge in [0.05, 0.1) is 15.7 Å². The number of halogens is 2. The van der Waals surface area contributed by atoms with E-state index in [9.17, 15) is 8.42 Å². The summed E-state index contributed by atoms with van der Waals surface area (Å²) in [7, 11) is -3.65. The fourth-order valence-electron chi connectivity index (χ4n) is 1.47. The molecule has 1 aromatic carbocycles. The normalized spacial score (nSPS) is 11.5. The molecular formula is C12H11Cl2NO2S2. The molecule has 0 saturated carbocycles. The van der Waals surface area contributed by atoms with Crippen LogP contribution in [0.5, 0.6) is 0 Å². The molecule has 0 fully saturated rings. The van der Waals surface area contributed by atoms with E-state index in [-0.39, 0.29) is 19.9 Å². The number of rotatable bonds is 4. The molecule has 3 nitrogen and oxygen atoms in total. The predicted molar refractivity (Wildman–Crippen MR) is 81.0 cm³/mol. The molecule has 0 atom stereocenters. The van der Waals surface area contributed by atoms with Crippen molar-refractivity contribution in [3.8, 4) is 0 Å². The van der Waals surface area contributed by atoms with Crippen molar-refractivity contribution in [2.45, 2.75) is 17.6 Å². The molecule has 0 unspecified atom stereocenters. The smallest absolute Gasteiger partial charge is 0.271 e. The number of para-hydroxylation sites is 1. The van der Waals surface area contributed by atoms with E-state index >= 15 is 0 Å². The van der Waals surface area contributed by atoms with Crippen molar-refractivity contribution >= 4 is 50.2 Å². The third-order valence-corrected chi connectivity index (χ3v) is 6.15. The van der Waals surface area contributed by atoms with Crippen LogP contribution in [0, 0.1) is 0 Å². The highest BCUT2D eigenvalue weighted by Gasteiger charge is 2.19. The number of thiophene rings is 1. The highest BCUT2D eigenvalue weighted by Crippen LogP contribution is 2.33. The minimum atomic E-state index is -3.65. The van der Waals surface area contributed by atoms with Crippen LogP contribution in [0.4, 0.5) is 5.69 Å². The molecule has 0 bridgehead atoms. The zero-order valence-electron chi connectivity index (χ0n) is 9.98. The van der Waals surface area contributed by atoms with Crippen LogP contribution in [-0.4, -0.2) is 8.42 Å². The van der Waals surface area contributed by atoms with Crippen molar-refractivity contribution in [3.05, 3.63) is 45.3 Å². The van der Waals surface area contributed by atoms with E-state index < -0.39 is 10.0 Å². The number of sulfonamides is 1. The van der Waals surface area contributed by atoms with Crippen LogP contribution in [0.1, 0.15) is 11.8 Å². The van der Waals surface area contributed by atoms with Crippen molar-refractivity contribution in [2.75, 3.05) is 4.72 Å². The quantitative estimate of drug-likeness (QED) is 0.898. The third kappa shape index (κ3) is 3.23. The Labute approximate surface area is 126 Å². The van der Waals surface area contributed by atoms with Gasteiger partial charge in [-0.3, -0.25) is 4.72 Å². The molecule has 1 heterocycles. The minimum Gasteiger partial charge on any atom is -0.276 e. The number of benzene rings is 1. The van der Waals surface area contributed by atoms with Gasteiger partial charge in [0.15, 0.2) is 0 Å². The highest BCUT2D eigenvalue weighted by atomic mass is 35.5. The molecule has 0 aliphatic heterocycles. The molecule has 0 radical (unpaired) electrons. The molecule has 2 aromatic rings. The first-order valence-corrected chi connectivity index (χ1v) is 8.55. The SMILES string of the molecule is CCc1ccc(S(=O)(=O)Nc2c(Cl)cccc2Cl)s1. The molecule has 1 aromatic heterocycles. The lowest BCUT2D eigenvalue weighted by atomic mass is 10.3. The molecule has 102 valence electrons. The molecule has 0 amide bonds. The van der Waals surface area contributed by atoms with Crippen LogP contribution in [-0.2, 0) is 16.4 Å². The predicted octanol–water partition coefficient (Wildman–Crippen LogP) is 4.42. The van der Waals surface area contributed by atoms with Crippen molar-refractivity contribution in [1.82, 2.24) is 0 Å². The van der Waals surface area contributed by atoms with Gasteiger partial charge >= 0.3 is 0 Å². The van der Waals surface area contributed by atoms with Gasteiger partial charge in [-0.25, -0.2) is 8.42 Å². The number of aryl methyl sites for hydroxylation is 1. The molecular weight excluding hydrogens is 325 g/mol. The Morgan fingerprint density at radius 3 is 2.32 bits per heavy atom. The van der Waals surface area contributed by atoms with Gasteiger partial charge in [0.2, 0.25) is 0 Å². The average Bonchev–Trinajstić information content (AvgIpc) is 2.83. The lowest BCUT2D eigenvalue weighted by Gasteiger charge is -2.09. The standard InChI is InChI=1S/C12H11Cl2NO2S2/c1-2-8-6-7-11(18-8)19(16,17)15-12-9(13)4-3-5-10(12)14/h3-7,15H,2H2,1H3. The van der Waals surface area contributed by atoms with E-state index in [1.165, 1.54) is 11.3 Å². The summed E-state index contributed by atoms with van der Waals surface area (Å²) in [6, 6.07) is 8.20. The van der Waals surface area contributed by atoms with Gasteiger partial charge < -0.3 is 0 Å². The van der Waals surface area contributed by atoms with E-state index in [1.807, 2.05) is 6.92 Å². The first kappa shape index (κ1) is 14.7. The second kappa shape index (κ2) is 5.71. The number of nitrogens with one attached hydrogen (secondary N) is 1. The highest BCUT2D eigenvalue weighted by molar-refractivity contribution is 7.94. The van der Waals surface area contributed by atoms with Crippen molar-refractivity contribution in [1.29, 1.82) is 0 Å². The molecule has 19 heavy (non-hydrogen) atoms. The maximum atomic E-state index is 12.2. The number of anilines is 1. The summed E-state index contributed by atoms with van der Waals surface area (Å²) < 4.78 is 27.1. The Bertz CT molecular complexity index is 675. The second-order valence-corrected chi connectivity index (χ2v) is 7.67. The van der Waals surface area contributed by atoms with Crippen LogP contribution < -0.4 is 4.72 Å². The summed E-state index contributed by atoms with van der Waals surface area (Å²) in [5, 5.41) is 0.534. The largest absolute Gasteiger partial charge is 0.276 e. The fourth-order valence-corrected chi connectivity index (χ4v) is 4.47. The average molecular weight is 336 g/mol. The number of hydrogen-bond donors (Lipinski definition) is 1. The van der Waals surface area contributed by atoms with Gasteiger partial charge in [-0.1, -0.05) is 36.2 Å². The van der Waals surface area contributed by atoms with E-state index in [0.717, 1.165) is 11.3 Å². The Morgan fingerprint density at radius 2 is 1.79 bits per heavy atom. The molecule has 0 spiro atoms. The van der Waals surface area contributed by atoms with E-state index in [1.54, 1.807) is 30.3 Å². The zero-order chi connectivity index (χ0) is 14.0. The molecule has 1 N–H and O–H groups in total. The summed E-state index contributed by atoms with van der Waals surface area (Å²) in [6.45, 7) is 1.97. The van der Waals surface area contributed by atoms with Crippen molar-refractivity contribution < 1.29 is 8.42 Å². The van der Waals surface area contributed by atoms with Crippen LogP contribution in [0.3, 0.4) is 0 Å². The first-order chi connectivity index (χ1) is 8.94. The van der Waals surface area contributed by atoms with Gasteiger partial charge in [0.25, 0.3) is 10.0 Å². The molecule has 0 aliphatic rings. The Hall–Kier alpha value is -0.750. The zero-order valence-corrected chi connectivity index (χ0v) is 13.1. The van der Waals surface area contributed by atoms with E-state index in [4.69, 9.17) is 23.2 Å². The molecule has 0 aliphatic carbocycles. The summed E-state index contributed by atoms with van der Waals surface area (Å²) in [5.41, 5.74) is 0.206. The Balaban J connectivity index is 2.36. The van der Waals surface area contributed by atoms with Gasteiger partial charge in [0, 0.05) is 4.88 Å². The van der Waals surface area contributed by atoms with Crippen LogP contribution in [0.25, 0.3) is 0 Å². The second-order valence-electron chi connectivity index (χ2n) is 3.78. The first-order valence-electron chi connectivity index (χ1n) is 5.49. The van der Waals surface area contributed by atoms with Crippen LogP contribution in [0.15, 0.2) is 34.5 Å². The molecule has 7 heteroatoms. The number of hydrogen-bond acceptors (Lipinski definition) is 3. The Morgan fingerprint density at radius 1 is 1.16 bits per heavy atom. The summed E-state index contributed by atoms with van der Waals surface area (Å²) in [4.78, 5) is 1.01. The Kier molecular flexibility index (Phi) is 4.40. The fraction of sp³-hybridized carbons (Fsp3) is 0.167. The van der Waals surface area contributed by atoms with Gasteiger partial charge in [-0.2, -0.15) is 0 Å². The van der Waals surface area contributed by atoms with Crippen molar-refractivity contribution in [3.63, 3.8) is 0 Å². The molecule has 0 saturated heterocycles. The topological polar surface area (TPSA) is 46.2 Å². The third-order valence-electron chi connectivity index (χ3n) is 2.45. The van der Waals surface area contributed by atoms with E-state index in [2.05, 4.69) is 4.72 Å². The van der Waals surface area contributed by atoms with E-state index in [0.29, 0.717) is 0 Å². The summed E-state index contributed by atoms with van der Waals surface area (Å²) >= 11 is 13.1. The van der Waals surface area contributed by atoms with Crippen LogP contribution >= 0.6 is 34.5 Å². The minimum absolute atomic E-state index is 0.206. The maximum absolute atomic E-state index is 12.2. The summed E-state index contributed by atoms with van der Waals surface area (Å²) in [5.74, 6) is 0. The van der Waals surface area contributed by atoms with Crippen molar-refractivity contribution in [2.24, 2.45) is 0 Å². The van der Waals surface area contributed by atoms with Gasteiger partial charge in [-0.15, -0.1) is 11.3 Å². The lowest BCUT2D eigenvalue weighted by Crippen LogP contribution is -2.12. The monoisotopic (exact) mass is 335 g/mol. The van der Waals surface area contributed by atoms with Gasteiger partial charge in [0.1, 0.15) is 4.21 Å². The van der Waals surface area contributed by atoms with Gasteiger partial charge in [-0.05, 0) is 30.7 Å².